The van der Waals surface area contributed by atoms with Crippen molar-refractivity contribution in [1.82, 2.24) is 0 Å². The van der Waals surface area contributed by atoms with Gasteiger partial charge in [0, 0.05) is 23.7 Å². The summed E-state index contributed by atoms with van der Waals surface area (Å²) in [5, 5.41) is 8.95. The molecular formula is C16H20N2O4. The number of fused-ring (bicyclic) bond motifs is 2. The molecule has 6 nitrogen and oxygen atoms in total. The van der Waals surface area contributed by atoms with Crippen LogP contribution in [0.4, 0.5) is 0 Å². The maximum Gasteiger partial charge on any atom is 0.336 e. The molecule has 4 fully saturated rings. The van der Waals surface area contributed by atoms with Gasteiger partial charge in [0.2, 0.25) is 0 Å². The molecule has 0 aromatic carbocycles. The fourth-order valence-corrected chi connectivity index (χ4v) is 6.65. The Labute approximate surface area is 128 Å². The Bertz CT molecular complexity index is 569. The van der Waals surface area contributed by atoms with Crippen LogP contribution in [0.1, 0.15) is 25.7 Å². The number of hydrogen-bond acceptors (Lipinski definition) is 6. The van der Waals surface area contributed by atoms with Crippen LogP contribution in [0.5, 0.6) is 0 Å². The second kappa shape index (κ2) is 3.71. The van der Waals surface area contributed by atoms with E-state index in [0.717, 1.165) is 25.7 Å². The summed E-state index contributed by atoms with van der Waals surface area (Å²) >= 11 is 0. The van der Waals surface area contributed by atoms with Crippen LogP contribution in [0.3, 0.4) is 0 Å². The Hall–Kier alpha value is -1.46. The van der Waals surface area contributed by atoms with Crippen LogP contribution in [0, 0.1) is 35.5 Å². The molecule has 118 valence electrons. The summed E-state index contributed by atoms with van der Waals surface area (Å²) in [5.41, 5.74) is -1.64. The van der Waals surface area contributed by atoms with Crippen molar-refractivity contribution in [3.05, 3.63) is 0 Å². The number of azo groups is 1. The number of rotatable bonds is 2. The minimum atomic E-state index is -0.820. The van der Waals surface area contributed by atoms with Gasteiger partial charge >= 0.3 is 11.9 Å². The predicted molar refractivity (Wildman–Crippen MR) is 73.8 cm³/mol. The minimum absolute atomic E-state index is 0.108. The highest BCUT2D eigenvalue weighted by Gasteiger charge is 2.84. The molecule has 0 aromatic rings. The van der Waals surface area contributed by atoms with Crippen molar-refractivity contribution in [2.24, 2.45) is 45.7 Å². The molecule has 6 heteroatoms. The number of ether oxygens (including phenoxy) is 2. The van der Waals surface area contributed by atoms with E-state index in [-0.39, 0.29) is 35.6 Å². The average Bonchev–Trinajstić information content (AvgIpc) is 3.15. The van der Waals surface area contributed by atoms with Crippen LogP contribution in [-0.2, 0) is 19.1 Å². The quantitative estimate of drug-likeness (QED) is 0.726. The summed E-state index contributed by atoms with van der Waals surface area (Å²) in [6.07, 6.45) is 4.20. The van der Waals surface area contributed by atoms with Gasteiger partial charge in [-0.05, 0) is 37.5 Å². The van der Waals surface area contributed by atoms with Crippen LogP contribution < -0.4 is 0 Å². The van der Waals surface area contributed by atoms with E-state index >= 15 is 0 Å². The standard InChI is InChI=1S/C16H20N2O4/c1-21-13(19)15-9-6-10(9)16(18-17-15,14(20)22-2)12-8-4-3-7(5-8)11(12)15/h7-12H,3-6H2,1-2H3. The monoisotopic (exact) mass is 304 g/mol. The topological polar surface area (TPSA) is 77.3 Å². The lowest BCUT2D eigenvalue weighted by molar-refractivity contribution is -0.172. The Balaban J connectivity index is 1.73. The maximum absolute atomic E-state index is 12.7. The number of hydrogen-bond donors (Lipinski definition) is 0. The summed E-state index contributed by atoms with van der Waals surface area (Å²) in [6, 6.07) is 0. The number of esters is 2. The van der Waals surface area contributed by atoms with Gasteiger partial charge in [-0.1, -0.05) is 0 Å². The SMILES string of the molecule is COC(=O)C12N=NC(C(=O)OC)(C3CC31)C1C3CCC(C3)C12. The van der Waals surface area contributed by atoms with Crippen molar-refractivity contribution >= 4 is 11.9 Å². The first-order valence-electron chi connectivity index (χ1n) is 8.22. The fourth-order valence-electron chi connectivity index (χ4n) is 6.65. The lowest BCUT2D eigenvalue weighted by Crippen LogP contribution is -2.67. The van der Waals surface area contributed by atoms with E-state index < -0.39 is 11.1 Å². The van der Waals surface area contributed by atoms with Crippen molar-refractivity contribution in [2.45, 2.75) is 36.8 Å². The molecule has 2 heterocycles. The van der Waals surface area contributed by atoms with Crippen molar-refractivity contribution in [2.75, 3.05) is 14.2 Å². The van der Waals surface area contributed by atoms with Crippen molar-refractivity contribution < 1.29 is 19.1 Å². The first-order chi connectivity index (χ1) is 10.6. The first kappa shape index (κ1) is 13.0. The predicted octanol–water partition coefficient (Wildman–Crippen LogP) is 1.59. The summed E-state index contributed by atoms with van der Waals surface area (Å²) in [4.78, 5) is 25.3. The van der Waals surface area contributed by atoms with Crippen LogP contribution in [0.25, 0.3) is 0 Å². The highest BCUT2D eigenvalue weighted by atomic mass is 16.5. The Morgan fingerprint density at radius 1 is 0.864 bits per heavy atom. The van der Waals surface area contributed by atoms with E-state index in [1.54, 1.807) is 0 Å². The van der Waals surface area contributed by atoms with E-state index in [0.29, 0.717) is 11.8 Å². The molecule has 22 heavy (non-hydrogen) atoms. The molecule has 2 aliphatic heterocycles. The largest absolute Gasteiger partial charge is 0.467 e. The van der Waals surface area contributed by atoms with Gasteiger partial charge in [-0.2, -0.15) is 10.2 Å². The highest BCUT2D eigenvalue weighted by Crippen LogP contribution is 2.76. The minimum Gasteiger partial charge on any atom is -0.467 e. The molecule has 4 bridgehead atoms. The van der Waals surface area contributed by atoms with E-state index in [1.165, 1.54) is 14.2 Å². The first-order valence-corrected chi connectivity index (χ1v) is 8.22. The van der Waals surface area contributed by atoms with Gasteiger partial charge in [0.15, 0.2) is 11.1 Å². The average molecular weight is 304 g/mol. The van der Waals surface area contributed by atoms with Crippen molar-refractivity contribution in [3.8, 4) is 0 Å². The lowest BCUT2D eigenvalue weighted by Gasteiger charge is -2.54. The van der Waals surface area contributed by atoms with Gasteiger partial charge in [-0.3, -0.25) is 0 Å². The maximum atomic E-state index is 12.7. The second-order valence-electron chi connectivity index (χ2n) is 7.67. The molecule has 8 unspecified atom stereocenters. The van der Waals surface area contributed by atoms with Gasteiger partial charge < -0.3 is 9.47 Å². The zero-order chi connectivity index (χ0) is 15.3. The van der Waals surface area contributed by atoms with Crippen LogP contribution in [-0.4, -0.2) is 37.2 Å². The molecule has 0 amide bonds. The fraction of sp³-hybridized carbons (Fsp3) is 0.875. The molecule has 0 aromatic heterocycles. The molecule has 0 N–H and O–H groups in total. The van der Waals surface area contributed by atoms with Crippen LogP contribution in [0.15, 0.2) is 10.2 Å². The van der Waals surface area contributed by atoms with Gasteiger partial charge in [-0.15, -0.1) is 0 Å². The van der Waals surface area contributed by atoms with E-state index in [2.05, 4.69) is 10.2 Å². The van der Waals surface area contributed by atoms with Gasteiger partial charge in [0.1, 0.15) is 0 Å². The second-order valence-corrected chi connectivity index (χ2v) is 7.67. The molecule has 0 saturated heterocycles. The third kappa shape index (κ3) is 1.08. The number of methoxy groups -OCH3 is 2. The summed E-state index contributed by atoms with van der Waals surface area (Å²) in [5.74, 6) is 0.888. The number of carbonyl (C=O) groups excluding carboxylic acids is 2. The molecule has 6 rings (SSSR count). The van der Waals surface area contributed by atoms with Gasteiger partial charge in [0.05, 0.1) is 14.2 Å². The molecule has 6 aliphatic rings. The molecule has 8 atom stereocenters. The molecule has 0 spiro atoms. The summed E-state index contributed by atoms with van der Waals surface area (Å²) in [7, 11) is 2.87. The lowest BCUT2D eigenvalue weighted by atomic mass is 9.54. The Kier molecular flexibility index (Phi) is 2.20. The Morgan fingerprint density at radius 3 is 1.73 bits per heavy atom. The molecule has 4 saturated carbocycles. The normalized spacial score (nSPS) is 55.5. The molecular weight excluding hydrogens is 284 g/mol. The summed E-state index contributed by atoms with van der Waals surface area (Å²) < 4.78 is 10.3. The van der Waals surface area contributed by atoms with Crippen molar-refractivity contribution in [1.29, 1.82) is 0 Å². The third-order valence-electron chi connectivity index (χ3n) is 7.26. The zero-order valence-corrected chi connectivity index (χ0v) is 12.8. The van der Waals surface area contributed by atoms with Crippen LogP contribution in [0.2, 0.25) is 0 Å². The highest BCUT2D eigenvalue weighted by molar-refractivity contribution is 5.89. The smallest absolute Gasteiger partial charge is 0.336 e. The van der Waals surface area contributed by atoms with E-state index in [4.69, 9.17) is 9.47 Å². The van der Waals surface area contributed by atoms with Crippen LogP contribution >= 0.6 is 0 Å². The van der Waals surface area contributed by atoms with E-state index in [1.807, 2.05) is 0 Å². The van der Waals surface area contributed by atoms with Gasteiger partial charge in [0.25, 0.3) is 0 Å². The number of carbonyl (C=O) groups is 2. The zero-order valence-electron chi connectivity index (χ0n) is 12.8. The number of nitrogens with zero attached hydrogens (tertiary/aromatic N) is 2. The van der Waals surface area contributed by atoms with Gasteiger partial charge in [-0.25, -0.2) is 9.59 Å². The Morgan fingerprint density at radius 2 is 1.32 bits per heavy atom. The van der Waals surface area contributed by atoms with Crippen molar-refractivity contribution in [3.63, 3.8) is 0 Å². The molecule has 4 aliphatic carbocycles. The summed E-state index contributed by atoms with van der Waals surface area (Å²) in [6.45, 7) is 0. The third-order valence-corrected chi connectivity index (χ3v) is 7.26. The van der Waals surface area contributed by atoms with E-state index in [9.17, 15) is 9.59 Å². The molecule has 0 radical (unpaired) electrons.